The van der Waals surface area contributed by atoms with Crippen molar-refractivity contribution in [3.05, 3.63) is 29.3 Å². The van der Waals surface area contributed by atoms with E-state index in [1.807, 2.05) is 0 Å². The molecule has 0 unspecified atom stereocenters. The Labute approximate surface area is 117 Å². The second-order valence-corrected chi connectivity index (χ2v) is 5.80. The van der Waals surface area contributed by atoms with Crippen LogP contribution in [0.15, 0.2) is 12.1 Å². The van der Waals surface area contributed by atoms with Gasteiger partial charge in [0.1, 0.15) is 17.4 Å². The van der Waals surface area contributed by atoms with Gasteiger partial charge in [0.05, 0.1) is 0 Å². The average Bonchev–Trinajstić information content (AvgIpc) is 3.21. The first-order valence-electron chi connectivity index (χ1n) is 7.28. The summed E-state index contributed by atoms with van der Waals surface area (Å²) in [7, 11) is 0. The van der Waals surface area contributed by atoms with Gasteiger partial charge < -0.3 is 10.4 Å². The van der Waals surface area contributed by atoms with E-state index in [1.54, 1.807) is 0 Å². The molecule has 5 heteroatoms. The molecule has 3 nitrogen and oxygen atoms in total. The molecule has 2 N–H and O–H groups in total. The summed E-state index contributed by atoms with van der Waals surface area (Å²) in [5.41, 5.74) is 0.264. The zero-order valence-electron chi connectivity index (χ0n) is 11.4. The molecule has 1 aromatic rings. The Kier molecular flexibility index (Phi) is 3.89. The summed E-state index contributed by atoms with van der Waals surface area (Å²) >= 11 is 0. The van der Waals surface area contributed by atoms with Gasteiger partial charge in [-0.25, -0.2) is 8.78 Å². The summed E-state index contributed by atoms with van der Waals surface area (Å²) in [4.78, 5) is 2.20. The monoisotopic (exact) mass is 282 g/mol. The fourth-order valence-electron chi connectivity index (χ4n) is 3.01. The summed E-state index contributed by atoms with van der Waals surface area (Å²) in [5.74, 6) is -1.01. The lowest BCUT2D eigenvalue weighted by Crippen LogP contribution is -2.45. The molecule has 1 aliphatic heterocycles. The van der Waals surface area contributed by atoms with Crippen molar-refractivity contribution in [2.24, 2.45) is 5.92 Å². The van der Waals surface area contributed by atoms with E-state index in [1.165, 1.54) is 12.8 Å². The minimum atomic E-state index is -0.728. The predicted octanol–water partition coefficient (Wildman–Crippen LogP) is 2.42. The number of halogens is 2. The van der Waals surface area contributed by atoms with Crippen LogP contribution in [0.2, 0.25) is 0 Å². The molecule has 1 heterocycles. The number of piperazine rings is 1. The van der Waals surface area contributed by atoms with Gasteiger partial charge >= 0.3 is 0 Å². The Balaban J connectivity index is 1.91. The molecule has 0 spiro atoms. The molecule has 1 aliphatic carbocycles. The molecule has 20 heavy (non-hydrogen) atoms. The maximum absolute atomic E-state index is 14.1. The topological polar surface area (TPSA) is 35.5 Å². The lowest BCUT2D eigenvalue weighted by Gasteiger charge is -2.35. The highest BCUT2D eigenvalue weighted by atomic mass is 19.1. The summed E-state index contributed by atoms with van der Waals surface area (Å²) < 4.78 is 27.3. The van der Waals surface area contributed by atoms with E-state index in [0.29, 0.717) is 5.92 Å². The molecule has 0 aromatic heterocycles. The smallest absolute Gasteiger partial charge is 0.134 e. The third-order valence-corrected chi connectivity index (χ3v) is 4.25. The van der Waals surface area contributed by atoms with Crippen LogP contribution in [0.25, 0.3) is 0 Å². The van der Waals surface area contributed by atoms with Crippen molar-refractivity contribution in [1.29, 1.82) is 0 Å². The van der Waals surface area contributed by atoms with E-state index < -0.39 is 11.6 Å². The Morgan fingerprint density at radius 2 is 1.95 bits per heavy atom. The Morgan fingerprint density at radius 3 is 2.55 bits per heavy atom. The fourth-order valence-corrected chi connectivity index (χ4v) is 3.01. The quantitative estimate of drug-likeness (QED) is 0.890. The van der Waals surface area contributed by atoms with Crippen LogP contribution in [-0.2, 0) is 0 Å². The molecule has 0 amide bonds. The molecule has 0 radical (unpaired) electrons. The molecule has 2 fully saturated rings. The van der Waals surface area contributed by atoms with Crippen LogP contribution in [0.4, 0.5) is 8.78 Å². The Morgan fingerprint density at radius 1 is 1.25 bits per heavy atom. The van der Waals surface area contributed by atoms with Crippen molar-refractivity contribution in [3.63, 3.8) is 0 Å². The maximum atomic E-state index is 14.1. The van der Waals surface area contributed by atoms with E-state index in [0.717, 1.165) is 44.7 Å². The van der Waals surface area contributed by atoms with Gasteiger partial charge in [-0.05, 0) is 12.3 Å². The molecule has 1 atom stereocenters. The highest BCUT2D eigenvalue weighted by molar-refractivity contribution is 5.37. The van der Waals surface area contributed by atoms with Gasteiger partial charge in [-0.1, -0.05) is 12.8 Å². The number of hydrogen-bond acceptors (Lipinski definition) is 3. The summed E-state index contributed by atoms with van der Waals surface area (Å²) in [6.07, 6.45) is 3.19. The van der Waals surface area contributed by atoms with Crippen LogP contribution >= 0.6 is 0 Å². The molecule has 1 saturated carbocycles. The Hall–Kier alpha value is -1.20. The van der Waals surface area contributed by atoms with Gasteiger partial charge in [0, 0.05) is 49.9 Å². The second kappa shape index (κ2) is 5.66. The zero-order valence-corrected chi connectivity index (χ0v) is 11.4. The van der Waals surface area contributed by atoms with Crippen LogP contribution in [0.5, 0.6) is 5.75 Å². The van der Waals surface area contributed by atoms with Crippen LogP contribution in [0.3, 0.4) is 0 Å². The predicted molar refractivity (Wildman–Crippen MR) is 72.5 cm³/mol. The molecule has 1 saturated heterocycles. The number of phenolic OH excluding ortho intramolecular Hbond substituents is 1. The van der Waals surface area contributed by atoms with Gasteiger partial charge in [-0.3, -0.25) is 4.90 Å². The van der Waals surface area contributed by atoms with Crippen LogP contribution in [-0.4, -0.2) is 36.2 Å². The first kappa shape index (κ1) is 13.8. The normalized spacial score (nSPS) is 21.9. The first-order chi connectivity index (χ1) is 9.65. The van der Waals surface area contributed by atoms with Crippen molar-refractivity contribution in [1.82, 2.24) is 10.2 Å². The number of rotatable bonds is 4. The second-order valence-electron chi connectivity index (χ2n) is 5.80. The van der Waals surface area contributed by atoms with Gasteiger partial charge in [0.2, 0.25) is 0 Å². The van der Waals surface area contributed by atoms with Crippen molar-refractivity contribution in [3.8, 4) is 5.75 Å². The maximum Gasteiger partial charge on any atom is 0.134 e. The van der Waals surface area contributed by atoms with E-state index >= 15 is 0 Å². The van der Waals surface area contributed by atoms with Gasteiger partial charge in [0.25, 0.3) is 0 Å². The first-order valence-corrected chi connectivity index (χ1v) is 7.28. The zero-order chi connectivity index (χ0) is 14.1. The van der Waals surface area contributed by atoms with Crippen molar-refractivity contribution in [2.45, 2.75) is 25.3 Å². The SMILES string of the molecule is Oc1cc(F)cc(F)c1[C@@H](CC1CC1)N1CCNCC1. The third kappa shape index (κ3) is 2.94. The average molecular weight is 282 g/mol. The number of nitrogens with zero attached hydrogens (tertiary/aromatic N) is 1. The molecule has 1 aromatic carbocycles. The highest BCUT2D eigenvalue weighted by Crippen LogP contribution is 2.43. The minimum absolute atomic E-state index is 0.148. The summed E-state index contributed by atoms with van der Waals surface area (Å²) in [6, 6.07) is 1.74. The van der Waals surface area contributed by atoms with Gasteiger partial charge in [0.15, 0.2) is 0 Å². The minimum Gasteiger partial charge on any atom is -0.507 e. The molecule has 2 aliphatic rings. The Bertz CT molecular complexity index is 462. The van der Waals surface area contributed by atoms with Gasteiger partial charge in [-0.2, -0.15) is 0 Å². The molecular formula is C15H20F2N2O. The van der Waals surface area contributed by atoms with E-state index in [9.17, 15) is 13.9 Å². The van der Waals surface area contributed by atoms with E-state index in [4.69, 9.17) is 0 Å². The lowest BCUT2D eigenvalue weighted by atomic mass is 9.97. The highest BCUT2D eigenvalue weighted by Gasteiger charge is 2.33. The number of aromatic hydroxyl groups is 1. The number of phenols is 1. The fraction of sp³-hybridized carbons (Fsp3) is 0.600. The van der Waals surface area contributed by atoms with Crippen LogP contribution in [0, 0.1) is 17.6 Å². The standard InChI is InChI=1S/C15H20F2N2O/c16-11-8-12(17)15(14(20)9-11)13(7-10-1-2-10)19-5-3-18-4-6-19/h8-10,13,18,20H,1-7H2/t13-/m1/s1. The van der Waals surface area contributed by atoms with Crippen molar-refractivity contribution >= 4 is 0 Å². The number of nitrogens with one attached hydrogen (secondary N) is 1. The van der Waals surface area contributed by atoms with Crippen LogP contribution < -0.4 is 5.32 Å². The van der Waals surface area contributed by atoms with E-state index in [2.05, 4.69) is 10.2 Å². The summed E-state index contributed by atoms with van der Waals surface area (Å²) in [5, 5.41) is 13.3. The lowest BCUT2D eigenvalue weighted by molar-refractivity contribution is 0.154. The largest absolute Gasteiger partial charge is 0.507 e. The van der Waals surface area contributed by atoms with Crippen molar-refractivity contribution in [2.75, 3.05) is 26.2 Å². The third-order valence-electron chi connectivity index (χ3n) is 4.25. The molecule has 0 bridgehead atoms. The molecule has 3 rings (SSSR count). The van der Waals surface area contributed by atoms with Crippen molar-refractivity contribution < 1.29 is 13.9 Å². The molecular weight excluding hydrogens is 262 g/mol. The van der Waals surface area contributed by atoms with Crippen LogP contribution in [0.1, 0.15) is 30.9 Å². The molecule has 110 valence electrons. The van der Waals surface area contributed by atoms with Gasteiger partial charge in [-0.15, -0.1) is 0 Å². The number of benzene rings is 1. The summed E-state index contributed by atoms with van der Waals surface area (Å²) in [6.45, 7) is 3.39. The van der Waals surface area contributed by atoms with E-state index in [-0.39, 0.29) is 17.4 Å². The number of hydrogen-bond donors (Lipinski definition) is 2.